The molecule has 27 heavy (non-hydrogen) atoms. The second-order valence-electron chi connectivity index (χ2n) is 7.12. The summed E-state index contributed by atoms with van der Waals surface area (Å²) in [7, 11) is 0. The van der Waals surface area contributed by atoms with E-state index in [0.29, 0.717) is 6.04 Å². The summed E-state index contributed by atoms with van der Waals surface area (Å²) in [5, 5.41) is 8.04. The van der Waals surface area contributed by atoms with Gasteiger partial charge in [0, 0.05) is 35.8 Å². The molecule has 3 N–H and O–H groups in total. The fourth-order valence-electron chi connectivity index (χ4n) is 3.82. The van der Waals surface area contributed by atoms with Gasteiger partial charge < -0.3 is 11.1 Å². The Morgan fingerprint density at radius 1 is 1.07 bits per heavy atom. The molecular formula is C21H22N6. The number of piperidine rings is 1. The lowest BCUT2D eigenvalue weighted by Gasteiger charge is -2.22. The smallest absolute Gasteiger partial charge is 0.137 e. The maximum atomic E-state index is 5.93. The van der Waals surface area contributed by atoms with Crippen LogP contribution >= 0.6 is 0 Å². The first-order chi connectivity index (χ1) is 13.3. The van der Waals surface area contributed by atoms with Gasteiger partial charge in [0.25, 0.3) is 0 Å². The molecule has 0 aliphatic carbocycles. The third kappa shape index (κ3) is 2.98. The number of fused-ring (bicyclic) bond motifs is 1. The number of hydrogen-bond donors (Lipinski definition) is 2. The van der Waals surface area contributed by atoms with Crippen molar-refractivity contribution in [2.24, 2.45) is 0 Å². The van der Waals surface area contributed by atoms with Crippen LogP contribution in [0.25, 0.3) is 28.0 Å². The molecule has 0 radical (unpaired) electrons. The number of nitrogens with two attached hydrogens (primary N) is 1. The van der Waals surface area contributed by atoms with Crippen LogP contribution in [0.5, 0.6) is 0 Å². The molecular weight excluding hydrogens is 336 g/mol. The van der Waals surface area contributed by atoms with Crippen LogP contribution in [0.1, 0.15) is 18.9 Å². The second-order valence-corrected chi connectivity index (χ2v) is 7.12. The van der Waals surface area contributed by atoms with Crippen molar-refractivity contribution >= 4 is 11.3 Å². The Kier molecular flexibility index (Phi) is 3.90. The van der Waals surface area contributed by atoms with Gasteiger partial charge in [-0.2, -0.15) is 5.10 Å². The molecule has 0 bridgehead atoms. The first-order valence-electron chi connectivity index (χ1n) is 9.36. The highest BCUT2D eigenvalue weighted by atomic mass is 15.3. The zero-order valence-corrected chi connectivity index (χ0v) is 15.0. The number of benzene rings is 1. The van der Waals surface area contributed by atoms with E-state index in [0.717, 1.165) is 46.8 Å². The first kappa shape index (κ1) is 16.1. The van der Waals surface area contributed by atoms with E-state index in [4.69, 9.17) is 5.73 Å². The number of nitrogens with one attached hydrogen (secondary N) is 1. The summed E-state index contributed by atoms with van der Waals surface area (Å²) in [6, 6.07) is 12.5. The summed E-state index contributed by atoms with van der Waals surface area (Å²) in [5.41, 5.74) is 11.9. The number of hydrogen-bond acceptors (Lipinski definition) is 4. The molecule has 1 atom stereocenters. The number of aromatic nitrogens is 4. The summed E-state index contributed by atoms with van der Waals surface area (Å²) in [5.74, 6) is 0. The maximum Gasteiger partial charge on any atom is 0.137 e. The quantitative estimate of drug-likeness (QED) is 0.551. The molecule has 0 spiro atoms. The molecule has 3 aromatic heterocycles. The van der Waals surface area contributed by atoms with Gasteiger partial charge in [-0.05, 0) is 49.2 Å². The molecule has 1 saturated heterocycles. The van der Waals surface area contributed by atoms with Crippen LogP contribution in [0, 0.1) is 0 Å². The number of nitrogens with zero attached hydrogens (tertiary/aromatic N) is 4. The molecule has 6 nitrogen and oxygen atoms in total. The zero-order valence-electron chi connectivity index (χ0n) is 15.0. The van der Waals surface area contributed by atoms with Crippen molar-refractivity contribution in [3.63, 3.8) is 0 Å². The molecule has 1 fully saturated rings. The molecule has 1 aliphatic rings. The van der Waals surface area contributed by atoms with Gasteiger partial charge in [-0.25, -0.2) is 4.98 Å². The van der Waals surface area contributed by atoms with Gasteiger partial charge in [-0.15, -0.1) is 0 Å². The van der Waals surface area contributed by atoms with Crippen molar-refractivity contribution < 1.29 is 0 Å². The van der Waals surface area contributed by atoms with Crippen LogP contribution in [0.4, 0.5) is 5.69 Å². The first-order valence-corrected chi connectivity index (χ1v) is 9.36. The highest BCUT2D eigenvalue weighted by Crippen LogP contribution is 2.27. The average molecular weight is 358 g/mol. The minimum atomic E-state index is 0.442. The number of nitrogen functional groups attached to an aromatic ring is 1. The summed E-state index contributed by atoms with van der Waals surface area (Å²) >= 11 is 0. The van der Waals surface area contributed by atoms with Crippen LogP contribution in [0.3, 0.4) is 0 Å². The van der Waals surface area contributed by atoms with E-state index in [1.54, 1.807) is 0 Å². The molecule has 6 heteroatoms. The molecule has 1 unspecified atom stereocenters. The number of imidazole rings is 1. The van der Waals surface area contributed by atoms with Gasteiger partial charge in [0.1, 0.15) is 5.65 Å². The van der Waals surface area contributed by atoms with E-state index in [-0.39, 0.29) is 0 Å². The van der Waals surface area contributed by atoms with Crippen molar-refractivity contribution in [2.75, 3.05) is 18.8 Å². The van der Waals surface area contributed by atoms with Crippen LogP contribution in [0.15, 0.2) is 61.2 Å². The summed E-state index contributed by atoms with van der Waals surface area (Å²) in [4.78, 5) is 4.59. The average Bonchev–Trinajstić information content (AvgIpc) is 3.35. The topological polar surface area (TPSA) is 73.2 Å². The molecule has 136 valence electrons. The van der Waals surface area contributed by atoms with E-state index < -0.39 is 0 Å². The van der Waals surface area contributed by atoms with Crippen LogP contribution < -0.4 is 11.1 Å². The van der Waals surface area contributed by atoms with Gasteiger partial charge in [0.2, 0.25) is 0 Å². The predicted octanol–water partition coefficient (Wildman–Crippen LogP) is 3.37. The van der Waals surface area contributed by atoms with Gasteiger partial charge >= 0.3 is 0 Å². The molecule has 1 aliphatic heterocycles. The Morgan fingerprint density at radius 2 is 2.04 bits per heavy atom. The standard InChI is InChI=1S/C21H22N6/c22-18-4-1-3-16(9-18)20-13-24-21-10-15(6-8-26(20)21)17-11-25-27(14-17)19-5-2-7-23-12-19/h1,3-4,6,8-11,13-14,19,23H,2,5,7,12,22H2. The van der Waals surface area contributed by atoms with E-state index in [2.05, 4.69) is 55.1 Å². The number of pyridine rings is 1. The second kappa shape index (κ2) is 6.55. The largest absolute Gasteiger partial charge is 0.399 e. The molecule has 0 amide bonds. The van der Waals surface area contributed by atoms with Gasteiger partial charge in [-0.3, -0.25) is 9.08 Å². The lowest BCUT2D eigenvalue weighted by molar-refractivity contribution is 0.347. The minimum absolute atomic E-state index is 0.442. The van der Waals surface area contributed by atoms with Gasteiger partial charge in [0.15, 0.2) is 0 Å². The number of anilines is 1. The lowest BCUT2D eigenvalue weighted by Crippen LogP contribution is -2.31. The fraction of sp³-hybridized carbons (Fsp3) is 0.238. The van der Waals surface area contributed by atoms with Crippen LogP contribution in [-0.4, -0.2) is 32.3 Å². The highest BCUT2D eigenvalue weighted by molar-refractivity contribution is 5.71. The molecule has 4 aromatic rings. The van der Waals surface area contributed by atoms with Crippen molar-refractivity contribution in [3.05, 3.63) is 61.2 Å². The van der Waals surface area contributed by atoms with Crippen molar-refractivity contribution in [3.8, 4) is 22.4 Å². The summed E-state index contributed by atoms with van der Waals surface area (Å²) in [6.07, 6.45) is 10.4. The lowest BCUT2D eigenvalue weighted by atomic mass is 10.1. The maximum absolute atomic E-state index is 5.93. The third-order valence-electron chi connectivity index (χ3n) is 5.28. The molecule has 1 aromatic carbocycles. The van der Waals surface area contributed by atoms with Crippen LogP contribution in [-0.2, 0) is 0 Å². The van der Waals surface area contributed by atoms with Gasteiger partial charge in [-0.1, -0.05) is 12.1 Å². The summed E-state index contributed by atoms with van der Waals surface area (Å²) in [6.45, 7) is 2.10. The molecule has 0 saturated carbocycles. The zero-order chi connectivity index (χ0) is 18.2. The Morgan fingerprint density at radius 3 is 2.89 bits per heavy atom. The Balaban J connectivity index is 1.48. The van der Waals surface area contributed by atoms with E-state index in [9.17, 15) is 0 Å². The van der Waals surface area contributed by atoms with Gasteiger partial charge in [0.05, 0.1) is 24.1 Å². The third-order valence-corrected chi connectivity index (χ3v) is 5.28. The number of rotatable bonds is 3. The van der Waals surface area contributed by atoms with E-state index in [1.165, 1.54) is 12.8 Å². The van der Waals surface area contributed by atoms with Crippen molar-refractivity contribution in [1.82, 2.24) is 24.5 Å². The van der Waals surface area contributed by atoms with Crippen molar-refractivity contribution in [2.45, 2.75) is 18.9 Å². The van der Waals surface area contributed by atoms with Crippen LogP contribution in [0.2, 0.25) is 0 Å². The van der Waals surface area contributed by atoms with E-state index >= 15 is 0 Å². The normalized spacial score (nSPS) is 17.4. The Bertz CT molecular complexity index is 1090. The fourth-order valence-corrected chi connectivity index (χ4v) is 3.82. The monoisotopic (exact) mass is 358 g/mol. The molecule has 5 rings (SSSR count). The predicted molar refractivity (Wildman–Crippen MR) is 107 cm³/mol. The Labute approximate surface area is 157 Å². The van der Waals surface area contributed by atoms with E-state index in [1.807, 2.05) is 30.6 Å². The van der Waals surface area contributed by atoms with Crippen molar-refractivity contribution in [1.29, 1.82) is 0 Å². The molecule has 4 heterocycles. The minimum Gasteiger partial charge on any atom is -0.399 e. The Hall–Kier alpha value is -3.12. The highest BCUT2D eigenvalue weighted by Gasteiger charge is 2.16. The SMILES string of the molecule is Nc1cccc(-c2cnc3cc(-c4cnn(C5CCCNC5)c4)ccn23)c1. The summed E-state index contributed by atoms with van der Waals surface area (Å²) < 4.78 is 4.18.